The molecular weight excluding hydrogens is 304 g/mol. The minimum Gasteiger partial charge on any atom is -0.460 e. The maximum Gasteiger partial charge on any atom is 0.379 e. The molecule has 1 aromatic rings. The van der Waals surface area contributed by atoms with Crippen LogP contribution in [0.2, 0.25) is 0 Å². The smallest absolute Gasteiger partial charge is 0.379 e. The van der Waals surface area contributed by atoms with Crippen molar-refractivity contribution in [2.45, 2.75) is 13.8 Å². The Bertz CT molecular complexity index is 524. The first-order chi connectivity index (χ1) is 8.56. The highest BCUT2D eigenvalue weighted by molar-refractivity contribution is 9.10. The molecule has 0 fully saturated rings. The van der Waals surface area contributed by atoms with Crippen LogP contribution in [-0.4, -0.2) is 25.2 Å². The molecule has 0 saturated heterocycles. The third-order valence-corrected chi connectivity index (χ3v) is 3.55. The SMILES string of the molecule is CCOC(=O)C(=O)c1cc2c(c(C)c1Br)OCO2. The van der Waals surface area contributed by atoms with Crippen LogP contribution in [0.1, 0.15) is 22.8 Å². The Kier molecular flexibility index (Phi) is 3.56. The van der Waals surface area contributed by atoms with Gasteiger partial charge < -0.3 is 14.2 Å². The summed E-state index contributed by atoms with van der Waals surface area (Å²) in [5.41, 5.74) is 0.938. The second-order valence-electron chi connectivity index (χ2n) is 3.65. The predicted octanol–water partition coefficient (Wildman–Crippen LogP) is 2.23. The Labute approximate surface area is 112 Å². The van der Waals surface area contributed by atoms with Crippen LogP contribution in [0, 0.1) is 6.92 Å². The van der Waals surface area contributed by atoms with E-state index in [0.717, 1.165) is 5.56 Å². The molecule has 0 spiro atoms. The third kappa shape index (κ3) is 2.08. The molecule has 0 amide bonds. The second-order valence-corrected chi connectivity index (χ2v) is 4.44. The highest BCUT2D eigenvalue weighted by Gasteiger charge is 2.27. The molecule has 1 aromatic carbocycles. The van der Waals surface area contributed by atoms with Crippen molar-refractivity contribution in [3.8, 4) is 11.5 Å². The van der Waals surface area contributed by atoms with E-state index in [1.54, 1.807) is 13.8 Å². The number of carbonyl (C=O) groups excluding carboxylic acids is 2. The summed E-state index contributed by atoms with van der Waals surface area (Å²) >= 11 is 3.29. The number of benzene rings is 1. The Morgan fingerprint density at radius 2 is 2.17 bits per heavy atom. The molecule has 0 N–H and O–H groups in total. The second kappa shape index (κ2) is 4.97. The van der Waals surface area contributed by atoms with Crippen LogP contribution in [0.4, 0.5) is 0 Å². The molecule has 0 unspecified atom stereocenters. The number of hydrogen-bond donors (Lipinski definition) is 0. The summed E-state index contributed by atoms with van der Waals surface area (Å²) in [5, 5.41) is 0. The van der Waals surface area contributed by atoms with Crippen molar-refractivity contribution in [2.24, 2.45) is 0 Å². The van der Waals surface area contributed by atoms with E-state index in [-0.39, 0.29) is 19.0 Å². The van der Waals surface area contributed by atoms with Gasteiger partial charge in [0, 0.05) is 15.6 Å². The molecular formula is C12H11BrO5. The van der Waals surface area contributed by atoms with Gasteiger partial charge in [0.1, 0.15) is 0 Å². The van der Waals surface area contributed by atoms with Gasteiger partial charge >= 0.3 is 5.97 Å². The van der Waals surface area contributed by atoms with E-state index >= 15 is 0 Å². The molecule has 0 atom stereocenters. The number of ether oxygens (including phenoxy) is 3. The average molecular weight is 315 g/mol. The number of fused-ring (bicyclic) bond motifs is 1. The van der Waals surface area contributed by atoms with E-state index in [9.17, 15) is 9.59 Å². The normalized spacial score (nSPS) is 12.4. The van der Waals surface area contributed by atoms with Crippen molar-refractivity contribution in [3.05, 3.63) is 21.7 Å². The topological polar surface area (TPSA) is 61.8 Å². The van der Waals surface area contributed by atoms with Gasteiger partial charge in [-0.2, -0.15) is 0 Å². The molecule has 1 aliphatic rings. The van der Waals surface area contributed by atoms with Gasteiger partial charge in [-0.05, 0) is 35.8 Å². The number of rotatable bonds is 3. The van der Waals surface area contributed by atoms with Crippen LogP contribution in [0.25, 0.3) is 0 Å². The molecule has 0 aliphatic carbocycles. The maximum atomic E-state index is 11.9. The van der Waals surface area contributed by atoms with Crippen molar-refractivity contribution in [3.63, 3.8) is 0 Å². The van der Waals surface area contributed by atoms with Crippen LogP contribution >= 0.6 is 15.9 Å². The monoisotopic (exact) mass is 314 g/mol. The minimum absolute atomic E-state index is 0.111. The number of halogens is 1. The zero-order valence-electron chi connectivity index (χ0n) is 9.91. The molecule has 1 aliphatic heterocycles. The van der Waals surface area contributed by atoms with Crippen molar-refractivity contribution in [2.75, 3.05) is 13.4 Å². The van der Waals surface area contributed by atoms with Gasteiger partial charge in [0.2, 0.25) is 6.79 Å². The standard InChI is InChI=1S/C12H11BrO5/c1-3-16-12(15)10(14)7-4-8-11(18-5-17-8)6(2)9(7)13/h4H,3,5H2,1-2H3. The lowest BCUT2D eigenvalue weighted by Gasteiger charge is -2.08. The lowest BCUT2D eigenvalue weighted by molar-refractivity contribution is -0.137. The average Bonchev–Trinajstić information content (AvgIpc) is 2.81. The first kappa shape index (κ1) is 12.9. The van der Waals surface area contributed by atoms with E-state index in [1.807, 2.05) is 0 Å². The molecule has 5 nitrogen and oxygen atoms in total. The van der Waals surface area contributed by atoms with Crippen LogP contribution in [-0.2, 0) is 9.53 Å². The molecule has 0 aromatic heterocycles. The third-order valence-electron chi connectivity index (χ3n) is 2.53. The van der Waals surface area contributed by atoms with Crippen LogP contribution in [0.5, 0.6) is 11.5 Å². The summed E-state index contributed by atoms with van der Waals surface area (Å²) in [6.45, 7) is 3.69. The summed E-state index contributed by atoms with van der Waals surface area (Å²) in [5.74, 6) is -0.535. The van der Waals surface area contributed by atoms with Gasteiger partial charge in [0.25, 0.3) is 5.78 Å². The summed E-state index contributed by atoms with van der Waals surface area (Å²) in [6.07, 6.45) is 0. The number of Topliss-reactive ketones (excluding diaryl/α,β-unsaturated/α-hetero) is 1. The van der Waals surface area contributed by atoms with Gasteiger partial charge in [0.15, 0.2) is 11.5 Å². The molecule has 2 rings (SSSR count). The fourth-order valence-electron chi connectivity index (χ4n) is 1.66. The lowest BCUT2D eigenvalue weighted by atomic mass is 10.1. The minimum atomic E-state index is -0.878. The lowest BCUT2D eigenvalue weighted by Crippen LogP contribution is -2.18. The van der Waals surface area contributed by atoms with E-state index in [2.05, 4.69) is 15.9 Å². The summed E-state index contributed by atoms with van der Waals surface area (Å²) in [4.78, 5) is 23.3. The largest absolute Gasteiger partial charge is 0.460 e. The number of ketones is 1. The zero-order valence-corrected chi connectivity index (χ0v) is 11.5. The first-order valence-electron chi connectivity index (χ1n) is 5.36. The number of esters is 1. The first-order valence-corrected chi connectivity index (χ1v) is 6.15. The van der Waals surface area contributed by atoms with E-state index in [4.69, 9.17) is 14.2 Å². The highest BCUT2D eigenvalue weighted by atomic mass is 79.9. The molecule has 0 radical (unpaired) electrons. The molecule has 96 valence electrons. The molecule has 1 heterocycles. The van der Waals surface area contributed by atoms with E-state index in [0.29, 0.717) is 16.0 Å². The summed E-state index contributed by atoms with van der Waals surface area (Å²) in [7, 11) is 0. The summed E-state index contributed by atoms with van der Waals surface area (Å²) < 4.78 is 15.7. The zero-order chi connectivity index (χ0) is 13.3. The molecule has 6 heteroatoms. The molecule has 18 heavy (non-hydrogen) atoms. The Morgan fingerprint density at radius 3 is 2.83 bits per heavy atom. The van der Waals surface area contributed by atoms with Crippen LogP contribution in [0.15, 0.2) is 10.5 Å². The fraction of sp³-hybridized carbons (Fsp3) is 0.333. The number of hydrogen-bond acceptors (Lipinski definition) is 5. The Morgan fingerprint density at radius 1 is 1.44 bits per heavy atom. The highest BCUT2D eigenvalue weighted by Crippen LogP contribution is 2.41. The van der Waals surface area contributed by atoms with Crippen molar-refractivity contribution >= 4 is 27.7 Å². The molecule has 0 saturated carbocycles. The van der Waals surface area contributed by atoms with E-state index in [1.165, 1.54) is 6.07 Å². The predicted molar refractivity (Wildman–Crippen MR) is 66.0 cm³/mol. The Hall–Kier alpha value is -1.56. The Balaban J connectivity index is 2.43. The van der Waals surface area contributed by atoms with Gasteiger partial charge in [0.05, 0.1) is 6.61 Å². The van der Waals surface area contributed by atoms with Crippen LogP contribution in [0.3, 0.4) is 0 Å². The quantitative estimate of drug-likeness (QED) is 0.486. The van der Waals surface area contributed by atoms with Gasteiger partial charge in [-0.3, -0.25) is 4.79 Å². The van der Waals surface area contributed by atoms with Crippen LogP contribution < -0.4 is 9.47 Å². The van der Waals surface area contributed by atoms with Gasteiger partial charge in [-0.25, -0.2) is 4.79 Å². The van der Waals surface area contributed by atoms with Gasteiger partial charge in [-0.15, -0.1) is 0 Å². The number of carbonyl (C=O) groups is 2. The van der Waals surface area contributed by atoms with Crippen molar-refractivity contribution < 1.29 is 23.8 Å². The van der Waals surface area contributed by atoms with Gasteiger partial charge in [-0.1, -0.05) is 0 Å². The molecule has 0 bridgehead atoms. The van der Waals surface area contributed by atoms with E-state index < -0.39 is 11.8 Å². The summed E-state index contributed by atoms with van der Waals surface area (Å²) in [6, 6.07) is 1.48. The fourth-order valence-corrected chi connectivity index (χ4v) is 2.13. The van der Waals surface area contributed by atoms with Crippen molar-refractivity contribution in [1.29, 1.82) is 0 Å². The maximum absolute atomic E-state index is 11.9. The van der Waals surface area contributed by atoms with Crippen molar-refractivity contribution in [1.82, 2.24) is 0 Å².